The van der Waals surface area contributed by atoms with Gasteiger partial charge in [-0.25, -0.2) is 4.79 Å². The lowest BCUT2D eigenvalue weighted by molar-refractivity contribution is -0.145. The van der Waals surface area contributed by atoms with Gasteiger partial charge in [-0.05, 0) is 25.9 Å². The summed E-state index contributed by atoms with van der Waals surface area (Å²) in [5.74, 6) is -0.576. The molecule has 1 fully saturated rings. The van der Waals surface area contributed by atoms with Crippen molar-refractivity contribution in [2.24, 2.45) is 0 Å². The van der Waals surface area contributed by atoms with Crippen molar-refractivity contribution in [3.05, 3.63) is 0 Å². The predicted octanol–water partition coefficient (Wildman–Crippen LogP) is 0.150. The first-order valence-corrected chi connectivity index (χ1v) is 5.70. The molecule has 0 radical (unpaired) electrons. The lowest BCUT2D eigenvalue weighted by atomic mass is 10.1. The van der Waals surface area contributed by atoms with Crippen LogP contribution in [0.4, 0.5) is 0 Å². The SMILES string of the molecule is COC(=O)C(CN1CCCCC1)NC(C)=O. The summed E-state index contributed by atoms with van der Waals surface area (Å²) < 4.78 is 4.67. The monoisotopic (exact) mass is 228 g/mol. The third kappa shape index (κ3) is 4.18. The highest BCUT2D eigenvalue weighted by atomic mass is 16.5. The first-order valence-electron chi connectivity index (χ1n) is 5.70. The average Bonchev–Trinajstić information content (AvgIpc) is 2.28. The number of carbonyl (C=O) groups excluding carboxylic acids is 2. The van der Waals surface area contributed by atoms with E-state index in [2.05, 4.69) is 15.0 Å². The minimum atomic E-state index is -0.541. The third-order valence-corrected chi connectivity index (χ3v) is 2.75. The van der Waals surface area contributed by atoms with Crippen LogP contribution in [-0.4, -0.2) is 49.6 Å². The Kier molecular flexibility index (Phi) is 5.25. The van der Waals surface area contributed by atoms with Crippen molar-refractivity contribution < 1.29 is 14.3 Å². The van der Waals surface area contributed by atoms with E-state index in [1.165, 1.54) is 20.5 Å². The summed E-state index contributed by atoms with van der Waals surface area (Å²) in [6.45, 7) is 3.94. The Morgan fingerprint density at radius 1 is 1.31 bits per heavy atom. The average molecular weight is 228 g/mol. The van der Waals surface area contributed by atoms with Crippen molar-refractivity contribution >= 4 is 11.9 Å². The first kappa shape index (κ1) is 13.0. The van der Waals surface area contributed by atoms with Crippen LogP contribution in [0.5, 0.6) is 0 Å². The molecule has 1 aliphatic heterocycles. The molecule has 0 aromatic heterocycles. The molecule has 1 unspecified atom stereocenters. The van der Waals surface area contributed by atoms with Crippen molar-refractivity contribution in [2.75, 3.05) is 26.7 Å². The van der Waals surface area contributed by atoms with E-state index in [4.69, 9.17) is 0 Å². The molecular weight excluding hydrogens is 208 g/mol. The minimum absolute atomic E-state index is 0.201. The molecule has 1 aliphatic rings. The molecule has 0 aromatic rings. The summed E-state index contributed by atoms with van der Waals surface area (Å²) in [6, 6.07) is -0.541. The molecule has 0 saturated carbocycles. The molecule has 0 bridgehead atoms. The highest BCUT2D eigenvalue weighted by Crippen LogP contribution is 2.09. The Morgan fingerprint density at radius 2 is 1.94 bits per heavy atom. The van der Waals surface area contributed by atoms with E-state index < -0.39 is 6.04 Å². The lowest BCUT2D eigenvalue weighted by Gasteiger charge is -2.29. The number of ether oxygens (including phenoxy) is 1. The normalized spacial score (nSPS) is 18.9. The molecule has 1 saturated heterocycles. The molecule has 1 N–H and O–H groups in total. The Hall–Kier alpha value is -1.10. The number of rotatable bonds is 4. The number of likely N-dealkylation sites (tertiary alicyclic amines) is 1. The van der Waals surface area contributed by atoms with Gasteiger partial charge in [0.05, 0.1) is 7.11 Å². The fraction of sp³-hybridized carbons (Fsp3) is 0.818. The van der Waals surface area contributed by atoms with Crippen LogP contribution in [0.3, 0.4) is 0 Å². The Labute approximate surface area is 96.1 Å². The molecule has 1 rings (SSSR count). The maximum atomic E-state index is 11.5. The van der Waals surface area contributed by atoms with Gasteiger partial charge >= 0.3 is 5.97 Å². The lowest BCUT2D eigenvalue weighted by Crippen LogP contribution is -2.49. The van der Waals surface area contributed by atoms with Gasteiger partial charge in [0.15, 0.2) is 0 Å². The van der Waals surface area contributed by atoms with Gasteiger partial charge in [-0.1, -0.05) is 6.42 Å². The van der Waals surface area contributed by atoms with Crippen LogP contribution in [0.15, 0.2) is 0 Å². The summed E-state index contributed by atoms with van der Waals surface area (Å²) in [7, 11) is 1.34. The standard InChI is InChI=1S/C11H20N2O3/c1-9(14)12-10(11(15)16-2)8-13-6-4-3-5-7-13/h10H,3-8H2,1-2H3,(H,12,14). The molecule has 0 aliphatic carbocycles. The van der Waals surface area contributed by atoms with Crippen molar-refractivity contribution in [1.82, 2.24) is 10.2 Å². The van der Waals surface area contributed by atoms with Crippen molar-refractivity contribution in [2.45, 2.75) is 32.2 Å². The number of hydrogen-bond donors (Lipinski definition) is 1. The fourth-order valence-electron chi connectivity index (χ4n) is 1.97. The van der Waals surface area contributed by atoms with Gasteiger partial charge in [-0.15, -0.1) is 0 Å². The minimum Gasteiger partial charge on any atom is -0.467 e. The van der Waals surface area contributed by atoms with Gasteiger partial charge in [-0.3, -0.25) is 4.79 Å². The number of nitrogens with zero attached hydrogens (tertiary/aromatic N) is 1. The Morgan fingerprint density at radius 3 is 2.44 bits per heavy atom. The van der Waals surface area contributed by atoms with Crippen LogP contribution in [0, 0.1) is 0 Å². The van der Waals surface area contributed by atoms with E-state index >= 15 is 0 Å². The second kappa shape index (κ2) is 6.48. The van der Waals surface area contributed by atoms with Crippen LogP contribution in [-0.2, 0) is 14.3 Å². The van der Waals surface area contributed by atoms with Crippen molar-refractivity contribution in [3.8, 4) is 0 Å². The van der Waals surface area contributed by atoms with E-state index in [9.17, 15) is 9.59 Å². The number of nitrogens with one attached hydrogen (secondary N) is 1. The molecule has 1 heterocycles. The number of carbonyl (C=O) groups is 2. The third-order valence-electron chi connectivity index (χ3n) is 2.75. The van der Waals surface area contributed by atoms with Crippen LogP contribution in [0.1, 0.15) is 26.2 Å². The zero-order valence-electron chi connectivity index (χ0n) is 9.99. The largest absolute Gasteiger partial charge is 0.467 e. The molecule has 92 valence electrons. The number of esters is 1. The molecule has 0 aromatic carbocycles. The predicted molar refractivity (Wildman–Crippen MR) is 59.9 cm³/mol. The highest BCUT2D eigenvalue weighted by molar-refractivity contribution is 5.83. The number of hydrogen-bond acceptors (Lipinski definition) is 4. The molecule has 0 spiro atoms. The molecule has 1 atom stereocenters. The zero-order valence-corrected chi connectivity index (χ0v) is 9.99. The van der Waals surface area contributed by atoms with Crippen LogP contribution in [0.2, 0.25) is 0 Å². The van der Waals surface area contributed by atoms with Crippen LogP contribution < -0.4 is 5.32 Å². The first-order chi connectivity index (χ1) is 7.63. The van der Waals surface area contributed by atoms with E-state index in [0.717, 1.165) is 25.9 Å². The van der Waals surface area contributed by atoms with Crippen molar-refractivity contribution in [1.29, 1.82) is 0 Å². The van der Waals surface area contributed by atoms with E-state index in [0.29, 0.717) is 6.54 Å². The smallest absolute Gasteiger partial charge is 0.329 e. The molecular formula is C11H20N2O3. The maximum Gasteiger partial charge on any atom is 0.329 e. The summed E-state index contributed by atoms with van der Waals surface area (Å²) in [5, 5.41) is 2.62. The summed E-state index contributed by atoms with van der Waals surface area (Å²) in [4.78, 5) is 24.6. The van der Waals surface area contributed by atoms with Gasteiger partial charge < -0.3 is 15.0 Å². The van der Waals surface area contributed by atoms with E-state index in [1.807, 2.05) is 0 Å². The van der Waals surface area contributed by atoms with E-state index in [-0.39, 0.29) is 11.9 Å². The topological polar surface area (TPSA) is 58.6 Å². The van der Waals surface area contributed by atoms with Gasteiger partial charge in [0.1, 0.15) is 6.04 Å². The van der Waals surface area contributed by atoms with Gasteiger partial charge in [0.25, 0.3) is 0 Å². The zero-order chi connectivity index (χ0) is 12.0. The maximum absolute atomic E-state index is 11.5. The summed E-state index contributed by atoms with van der Waals surface area (Å²) >= 11 is 0. The number of piperidine rings is 1. The number of methoxy groups -OCH3 is 1. The summed E-state index contributed by atoms with van der Waals surface area (Å²) in [6.07, 6.45) is 3.57. The molecule has 5 nitrogen and oxygen atoms in total. The van der Waals surface area contributed by atoms with Crippen LogP contribution in [0.25, 0.3) is 0 Å². The second-order valence-electron chi connectivity index (χ2n) is 4.14. The van der Waals surface area contributed by atoms with Crippen LogP contribution >= 0.6 is 0 Å². The fourth-order valence-corrected chi connectivity index (χ4v) is 1.97. The number of amides is 1. The molecule has 5 heteroatoms. The second-order valence-corrected chi connectivity index (χ2v) is 4.14. The Balaban J connectivity index is 2.47. The molecule has 1 amide bonds. The van der Waals surface area contributed by atoms with Gasteiger partial charge in [0.2, 0.25) is 5.91 Å². The van der Waals surface area contributed by atoms with Gasteiger partial charge in [0, 0.05) is 13.5 Å². The summed E-state index contributed by atoms with van der Waals surface area (Å²) in [5.41, 5.74) is 0. The Bertz CT molecular complexity index is 250. The molecule has 16 heavy (non-hydrogen) atoms. The highest BCUT2D eigenvalue weighted by Gasteiger charge is 2.23. The van der Waals surface area contributed by atoms with Gasteiger partial charge in [-0.2, -0.15) is 0 Å². The van der Waals surface area contributed by atoms with Crippen molar-refractivity contribution in [3.63, 3.8) is 0 Å². The van der Waals surface area contributed by atoms with E-state index in [1.54, 1.807) is 0 Å². The quantitative estimate of drug-likeness (QED) is 0.696.